The van der Waals surface area contributed by atoms with Gasteiger partial charge in [0, 0.05) is 25.3 Å². The van der Waals surface area contributed by atoms with E-state index in [2.05, 4.69) is 40.8 Å². The van der Waals surface area contributed by atoms with E-state index in [1.807, 2.05) is 24.3 Å². The number of aliphatic carboxylic acids is 1. The summed E-state index contributed by atoms with van der Waals surface area (Å²) in [4.78, 5) is 34.8. The van der Waals surface area contributed by atoms with E-state index in [0.29, 0.717) is 0 Å². The molecule has 8 heteroatoms. The van der Waals surface area contributed by atoms with Gasteiger partial charge in [-0.15, -0.1) is 12.3 Å². The van der Waals surface area contributed by atoms with Crippen molar-refractivity contribution in [3.63, 3.8) is 0 Å². The number of hydrogen-bond donors (Lipinski definition) is 3. The van der Waals surface area contributed by atoms with E-state index in [1.54, 1.807) is 0 Å². The van der Waals surface area contributed by atoms with Crippen molar-refractivity contribution in [2.45, 2.75) is 24.8 Å². The van der Waals surface area contributed by atoms with E-state index in [1.165, 1.54) is 0 Å². The van der Waals surface area contributed by atoms with Crippen molar-refractivity contribution in [1.82, 2.24) is 10.6 Å². The molecule has 33 heavy (non-hydrogen) atoms. The second-order valence-corrected chi connectivity index (χ2v) is 7.48. The van der Waals surface area contributed by atoms with Crippen molar-refractivity contribution in [2.24, 2.45) is 0 Å². The molecule has 8 nitrogen and oxygen atoms in total. The molecule has 0 spiro atoms. The first-order chi connectivity index (χ1) is 16.0. The van der Waals surface area contributed by atoms with Crippen LogP contribution in [0.1, 0.15) is 29.9 Å². The number of carboxylic acid groups (broad SMARTS) is 1. The molecule has 0 saturated heterocycles. The van der Waals surface area contributed by atoms with Crippen LogP contribution in [0.4, 0.5) is 4.79 Å². The highest BCUT2D eigenvalue weighted by Gasteiger charge is 2.28. The maximum Gasteiger partial charge on any atom is 0.407 e. The van der Waals surface area contributed by atoms with E-state index >= 15 is 0 Å². The molecule has 2 amide bonds. The van der Waals surface area contributed by atoms with Gasteiger partial charge in [-0.3, -0.25) is 4.79 Å². The van der Waals surface area contributed by atoms with Crippen LogP contribution in [-0.2, 0) is 19.1 Å². The Hall–Kier alpha value is -3.83. The third kappa shape index (κ3) is 6.34. The molecule has 0 saturated carbocycles. The third-order valence-corrected chi connectivity index (χ3v) is 5.29. The first-order valence-corrected chi connectivity index (χ1v) is 10.6. The fourth-order valence-electron chi connectivity index (χ4n) is 3.73. The van der Waals surface area contributed by atoms with Gasteiger partial charge in [0.2, 0.25) is 5.91 Å². The molecule has 1 aliphatic carbocycles. The number of carbonyl (C=O) groups is 3. The zero-order valence-electron chi connectivity index (χ0n) is 18.1. The summed E-state index contributed by atoms with van der Waals surface area (Å²) in [6.45, 7) is 0.710. The number of terminal acetylenes is 1. The van der Waals surface area contributed by atoms with Gasteiger partial charge in [0.15, 0.2) is 0 Å². The van der Waals surface area contributed by atoms with Crippen molar-refractivity contribution in [2.75, 3.05) is 26.4 Å². The predicted octanol–water partition coefficient (Wildman–Crippen LogP) is 2.52. The quantitative estimate of drug-likeness (QED) is 0.358. The van der Waals surface area contributed by atoms with E-state index in [-0.39, 0.29) is 45.1 Å². The van der Waals surface area contributed by atoms with Gasteiger partial charge in [-0.05, 0) is 22.3 Å². The van der Waals surface area contributed by atoms with E-state index in [9.17, 15) is 14.4 Å². The monoisotopic (exact) mass is 450 g/mol. The van der Waals surface area contributed by atoms with E-state index in [0.717, 1.165) is 22.3 Å². The Labute approximate surface area is 192 Å². The number of benzene rings is 2. The molecule has 172 valence electrons. The SMILES string of the molecule is C#CCC(NC(=O)CCOCCNC(=O)OCC1c2ccccc2-c2ccccc21)C(=O)O. The average Bonchev–Trinajstić information content (AvgIpc) is 3.13. The van der Waals surface area contributed by atoms with Gasteiger partial charge in [0.25, 0.3) is 0 Å². The van der Waals surface area contributed by atoms with Gasteiger partial charge >= 0.3 is 12.1 Å². The average molecular weight is 450 g/mol. The Morgan fingerprint density at radius 1 is 1.03 bits per heavy atom. The summed E-state index contributed by atoms with van der Waals surface area (Å²) in [6, 6.07) is 15.1. The van der Waals surface area contributed by atoms with Gasteiger partial charge in [0.1, 0.15) is 12.6 Å². The van der Waals surface area contributed by atoms with Crippen LogP contribution in [0.5, 0.6) is 0 Å². The second-order valence-electron chi connectivity index (χ2n) is 7.48. The largest absolute Gasteiger partial charge is 0.480 e. The lowest BCUT2D eigenvalue weighted by molar-refractivity contribution is -0.141. The van der Waals surface area contributed by atoms with Gasteiger partial charge in [-0.1, -0.05) is 48.5 Å². The molecule has 2 aromatic carbocycles. The lowest BCUT2D eigenvalue weighted by Crippen LogP contribution is -2.40. The highest BCUT2D eigenvalue weighted by atomic mass is 16.5. The van der Waals surface area contributed by atoms with Crippen molar-refractivity contribution < 1.29 is 29.0 Å². The topological polar surface area (TPSA) is 114 Å². The highest BCUT2D eigenvalue weighted by molar-refractivity contribution is 5.83. The Morgan fingerprint density at radius 2 is 1.67 bits per heavy atom. The number of fused-ring (bicyclic) bond motifs is 3. The molecule has 0 bridgehead atoms. The molecule has 1 atom stereocenters. The smallest absolute Gasteiger partial charge is 0.407 e. The fraction of sp³-hybridized carbons (Fsp3) is 0.320. The molecular weight excluding hydrogens is 424 g/mol. The standard InChI is InChI=1S/C25H26N2O6/c1-2-7-22(24(29)30)27-23(28)12-14-32-15-13-26-25(31)33-16-21-19-10-5-3-8-17(19)18-9-4-6-11-20(18)21/h1,3-6,8-11,21-22H,7,12-16H2,(H,26,31)(H,27,28)(H,29,30). The molecule has 1 aliphatic rings. The van der Waals surface area contributed by atoms with Crippen LogP contribution < -0.4 is 10.6 Å². The van der Waals surface area contributed by atoms with Crippen molar-refractivity contribution in [3.05, 3.63) is 59.7 Å². The minimum Gasteiger partial charge on any atom is -0.480 e. The maximum atomic E-state index is 12.1. The number of carbonyl (C=O) groups excluding carboxylic acids is 2. The number of ether oxygens (including phenoxy) is 2. The molecule has 0 fully saturated rings. The summed E-state index contributed by atoms with van der Waals surface area (Å²) in [5.41, 5.74) is 4.60. The molecule has 1 unspecified atom stereocenters. The highest BCUT2D eigenvalue weighted by Crippen LogP contribution is 2.44. The van der Waals surface area contributed by atoms with Gasteiger partial charge < -0.3 is 25.2 Å². The first kappa shape index (κ1) is 23.8. The summed E-state index contributed by atoms with van der Waals surface area (Å²) in [7, 11) is 0. The Balaban J connectivity index is 1.34. The van der Waals surface area contributed by atoms with Crippen molar-refractivity contribution >= 4 is 18.0 Å². The van der Waals surface area contributed by atoms with Crippen LogP contribution in [0.3, 0.4) is 0 Å². The number of hydrogen-bond acceptors (Lipinski definition) is 5. The summed E-state index contributed by atoms with van der Waals surface area (Å²) in [5.74, 6) is 0.540. The number of carboxylic acids is 1. The summed E-state index contributed by atoms with van der Waals surface area (Å²) >= 11 is 0. The minimum atomic E-state index is -1.19. The van der Waals surface area contributed by atoms with Crippen LogP contribution in [0.25, 0.3) is 11.1 Å². The summed E-state index contributed by atoms with van der Waals surface area (Å²) in [5, 5.41) is 13.9. The second kappa shape index (κ2) is 11.7. The molecule has 0 aliphatic heterocycles. The summed E-state index contributed by atoms with van der Waals surface area (Å²) in [6.07, 6.45) is 4.44. The lowest BCUT2D eigenvalue weighted by Gasteiger charge is -2.14. The molecule has 0 aromatic heterocycles. The Bertz CT molecular complexity index is 1000. The maximum absolute atomic E-state index is 12.1. The lowest BCUT2D eigenvalue weighted by atomic mass is 9.98. The third-order valence-electron chi connectivity index (χ3n) is 5.29. The van der Waals surface area contributed by atoms with Gasteiger partial charge in [-0.2, -0.15) is 0 Å². The van der Waals surface area contributed by atoms with Crippen LogP contribution in [0, 0.1) is 12.3 Å². The zero-order valence-corrected chi connectivity index (χ0v) is 18.1. The van der Waals surface area contributed by atoms with E-state index < -0.39 is 24.0 Å². The van der Waals surface area contributed by atoms with Crippen molar-refractivity contribution in [3.8, 4) is 23.5 Å². The molecule has 0 radical (unpaired) electrons. The summed E-state index contributed by atoms with van der Waals surface area (Å²) < 4.78 is 10.7. The van der Waals surface area contributed by atoms with Crippen molar-refractivity contribution in [1.29, 1.82) is 0 Å². The van der Waals surface area contributed by atoms with Crippen LogP contribution in [0.15, 0.2) is 48.5 Å². The molecule has 3 rings (SSSR count). The number of alkyl carbamates (subject to hydrolysis) is 1. The normalized spacial score (nSPS) is 12.7. The fourth-order valence-corrected chi connectivity index (χ4v) is 3.73. The van der Waals surface area contributed by atoms with Crippen LogP contribution in [-0.4, -0.2) is 55.5 Å². The van der Waals surface area contributed by atoms with Gasteiger partial charge in [0.05, 0.1) is 13.2 Å². The number of amides is 2. The zero-order chi connectivity index (χ0) is 23.6. The molecule has 2 aromatic rings. The molecule has 0 heterocycles. The van der Waals surface area contributed by atoms with Gasteiger partial charge in [-0.25, -0.2) is 9.59 Å². The Morgan fingerprint density at radius 3 is 2.27 bits per heavy atom. The minimum absolute atomic E-state index is 0.0120. The Kier molecular flexibility index (Phi) is 8.44. The number of nitrogens with one attached hydrogen (secondary N) is 2. The predicted molar refractivity (Wildman–Crippen MR) is 122 cm³/mol. The van der Waals surface area contributed by atoms with Crippen LogP contribution in [0.2, 0.25) is 0 Å². The molecular formula is C25H26N2O6. The first-order valence-electron chi connectivity index (χ1n) is 10.6. The van der Waals surface area contributed by atoms with E-state index in [4.69, 9.17) is 21.0 Å². The number of rotatable bonds is 11. The molecule has 3 N–H and O–H groups in total. The van der Waals surface area contributed by atoms with Crippen LogP contribution >= 0.6 is 0 Å².